The summed E-state index contributed by atoms with van der Waals surface area (Å²) in [6.07, 6.45) is 0.692. The van der Waals surface area contributed by atoms with Crippen LogP contribution < -0.4 is 10.5 Å². The number of primary amides is 1. The summed E-state index contributed by atoms with van der Waals surface area (Å²) in [7, 11) is 1.41. The summed E-state index contributed by atoms with van der Waals surface area (Å²) >= 11 is 4.19. The van der Waals surface area contributed by atoms with Crippen LogP contribution in [0.3, 0.4) is 0 Å². The van der Waals surface area contributed by atoms with E-state index in [2.05, 4.69) is 12.6 Å². The first kappa shape index (κ1) is 12.6. The van der Waals surface area contributed by atoms with E-state index < -0.39 is 5.91 Å². The number of carbonyl (C=O) groups is 2. The number of thiol groups is 1. The minimum Gasteiger partial charge on any atom is -0.495 e. The second-order valence-corrected chi connectivity index (χ2v) is 3.85. The molecule has 0 spiro atoms. The van der Waals surface area contributed by atoms with Gasteiger partial charge in [-0.25, -0.2) is 0 Å². The van der Waals surface area contributed by atoms with E-state index in [1.165, 1.54) is 7.11 Å². The van der Waals surface area contributed by atoms with E-state index in [0.29, 0.717) is 27.9 Å². The number of nitrogens with two attached hydrogens (primary N) is 1. The maximum absolute atomic E-state index is 11.3. The zero-order valence-corrected chi connectivity index (χ0v) is 10.2. The summed E-state index contributed by atoms with van der Waals surface area (Å²) in [6.45, 7) is 3.46. The molecule has 0 heterocycles. The Morgan fingerprint density at radius 1 is 1.38 bits per heavy atom. The minimum absolute atomic E-state index is 0.251. The van der Waals surface area contributed by atoms with Gasteiger partial charge in [0, 0.05) is 5.56 Å². The van der Waals surface area contributed by atoms with E-state index in [4.69, 9.17) is 10.5 Å². The third-order valence-corrected chi connectivity index (χ3v) is 3.05. The number of amides is 1. The van der Waals surface area contributed by atoms with Gasteiger partial charge in [0.2, 0.25) is 0 Å². The van der Waals surface area contributed by atoms with Gasteiger partial charge in [-0.3, -0.25) is 9.59 Å². The molecule has 2 N–H and O–H groups in total. The molecule has 0 radical (unpaired) electrons. The van der Waals surface area contributed by atoms with Gasteiger partial charge in [-0.2, -0.15) is 0 Å². The molecule has 5 heteroatoms. The van der Waals surface area contributed by atoms with Crippen LogP contribution in [0.2, 0.25) is 0 Å². The van der Waals surface area contributed by atoms with Crippen molar-refractivity contribution in [2.45, 2.75) is 18.7 Å². The number of ether oxygens (including phenoxy) is 1. The largest absolute Gasteiger partial charge is 0.495 e. The Kier molecular flexibility index (Phi) is 3.59. The third-order valence-electron chi connectivity index (χ3n) is 2.61. The van der Waals surface area contributed by atoms with Gasteiger partial charge >= 0.3 is 0 Å². The van der Waals surface area contributed by atoms with Crippen LogP contribution >= 0.6 is 12.6 Å². The molecule has 0 fully saturated rings. The summed E-state index contributed by atoms with van der Waals surface area (Å²) in [5, 5.41) is 0. The van der Waals surface area contributed by atoms with Crippen molar-refractivity contribution in [2.75, 3.05) is 7.11 Å². The van der Waals surface area contributed by atoms with E-state index in [1.54, 1.807) is 13.8 Å². The molecular formula is C11H13NO3S. The topological polar surface area (TPSA) is 69.4 Å². The molecule has 16 heavy (non-hydrogen) atoms. The van der Waals surface area contributed by atoms with Crippen LogP contribution in [0.5, 0.6) is 5.75 Å². The lowest BCUT2D eigenvalue weighted by molar-refractivity contribution is 0.0994. The standard InChI is InChI=1S/C11H13NO3S/c1-5-6(2)8(11(12)14)9(15-3)10(16)7(5)4-13/h4,16H,1-3H3,(H2,12,14). The van der Waals surface area contributed by atoms with Crippen LogP contribution in [0.4, 0.5) is 0 Å². The third kappa shape index (κ3) is 1.78. The van der Waals surface area contributed by atoms with Crippen molar-refractivity contribution in [3.63, 3.8) is 0 Å². The normalized spacial score (nSPS) is 10.0. The molecule has 0 aromatic heterocycles. The van der Waals surface area contributed by atoms with Crippen LogP contribution in [0.1, 0.15) is 31.8 Å². The highest BCUT2D eigenvalue weighted by Gasteiger charge is 2.21. The molecule has 1 amide bonds. The summed E-state index contributed by atoms with van der Waals surface area (Å²) in [6, 6.07) is 0. The number of benzene rings is 1. The van der Waals surface area contributed by atoms with E-state index >= 15 is 0 Å². The fourth-order valence-electron chi connectivity index (χ4n) is 1.62. The van der Waals surface area contributed by atoms with Gasteiger partial charge in [0.05, 0.1) is 17.6 Å². The van der Waals surface area contributed by atoms with Gasteiger partial charge in [-0.05, 0) is 25.0 Å². The Labute approximate surface area is 99.2 Å². The van der Waals surface area contributed by atoms with Crippen molar-refractivity contribution in [1.29, 1.82) is 0 Å². The highest BCUT2D eigenvalue weighted by Crippen LogP contribution is 2.34. The average molecular weight is 239 g/mol. The molecule has 1 rings (SSSR count). The van der Waals surface area contributed by atoms with E-state index in [1.807, 2.05) is 0 Å². The molecule has 1 aromatic carbocycles. The summed E-state index contributed by atoms with van der Waals surface area (Å²) < 4.78 is 5.08. The number of rotatable bonds is 3. The maximum Gasteiger partial charge on any atom is 0.252 e. The van der Waals surface area contributed by atoms with Crippen molar-refractivity contribution < 1.29 is 14.3 Å². The Balaban J connectivity index is 3.77. The SMILES string of the molecule is COc1c(S)c(C=O)c(C)c(C)c1C(N)=O. The second-order valence-electron chi connectivity index (χ2n) is 3.40. The summed E-state index contributed by atoms with van der Waals surface area (Å²) in [4.78, 5) is 22.6. The van der Waals surface area contributed by atoms with Gasteiger partial charge < -0.3 is 10.5 Å². The Morgan fingerprint density at radius 3 is 2.31 bits per heavy atom. The van der Waals surface area contributed by atoms with Gasteiger partial charge in [0.1, 0.15) is 5.75 Å². The predicted octanol–water partition coefficient (Wildman–Crippen LogP) is 1.51. The van der Waals surface area contributed by atoms with Crippen molar-refractivity contribution in [2.24, 2.45) is 5.73 Å². The fourth-order valence-corrected chi connectivity index (χ4v) is 2.04. The van der Waals surface area contributed by atoms with Gasteiger partial charge in [0.15, 0.2) is 6.29 Å². The van der Waals surface area contributed by atoms with Crippen LogP contribution in [0.15, 0.2) is 4.90 Å². The van der Waals surface area contributed by atoms with Gasteiger partial charge in [-0.15, -0.1) is 12.6 Å². The molecule has 0 saturated carbocycles. The molecule has 0 aliphatic carbocycles. The lowest BCUT2D eigenvalue weighted by Crippen LogP contribution is -2.16. The van der Waals surface area contributed by atoms with E-state index in [9.17, 15) is 9.59 Å². The van der Waals surface area contributed by atoms with Crippen molar-refractivity contribution in [3.8, 4) is 5.75 Å². The van der Waals surface area contributed by atoms with Gasteiger partial charge in [0.25, 0.3) is 5.91 Å². The molecule has 0 atom stereocenters. The summed E-state index contributed by atoms with van der Waals surface area (Å²) in [5.41, 5.74) is 7.30. The molecule has 4 nitrogen and oxygen atoms in total. The predicted molar refractivity (Wildman–Crippen MR) is 63.6 cm³/mol. The van der Waals surface area contributed by atoms with Crippen LogP contribution in [-0.2, 0) is 0 Å². The Morgan fingerprint density at radius 2 is 1.94 bits per heavy atom. The van der Waals surface area contributed by atoms with E-state index in [-0.39, 0.29) is 11.3 Å². The molecule has 0 bridgehead atoms. The Hall–Kier alpha value is -1.49. The monoisotopic (exact) mass is 239 g/mol. The van der Waals surface area contributed by atoms with Crippen LogP contribution in [0, 0.1) is 13.8 Å². The molecule has 0 aliphatic rings. The summed E-state index contributed by atoms with van der Waals surface area (Å²) in [5.74, 6) is -0.341. The zero-order valence-electron chi connectivity index (χ0n) is 9.33. The quantitative estimate of drug-likeness (QED) is 0.620. The molecule has 0 unspecified atom stereocenters. The molecule has 1 aromatic rings. The first-order valence-electron chi connectivity index (χ1n) is 4.60. The maximum atomic E-state index is 11.3. The smallest absolute Gasteiger partial charge is 0.252 e. The molecule has 0 saturated heterocycles. The average Bonchev–Trinajstić information content (AvgIpc) is 2.23. The fraction of sp³-hybridized carbons (Fsp3) is 0.273. The number of carbonyl (C=O) groups excluding carboxylic acids is 2. The lowest BCUT2D eigenvalue weighted by atomic mass is 9.97. The number of hydrogen-bond acceptors (Lipinski definition) is 4. The first-order chi connectivity index (χ1) is 7.45. The highest BCUT2D eigenvalue weighted by atomic mass is 32.1. The molecule has 86 valence electrons. The van der Waals surface area contributed by atoms with Crippen LogP contribution in [-0.4, -0.2) is 19.3 Å². The number of methoxy groups -OCH3 is 1. The minimum atomic E-state index is -0.592. The van der Waals surface area contributed by atoms with Crippen molar-refractivity contribution >= 4 is 24.8 Å². The van der Waals surface area contributed by atoms with Crippen LogP contribution in [0.25, 0.3) is 0 Å². The number of aldehydes is 1. The van der Waals surface area contributed by atoms with Crippen molar-refractivity contribution in [1.82, 2.24) is 0 Å². The van der Waals surface area contributed by atoms with Gasteiger partial charge in [-0.1, -0.05) is 0 Å². The lowest BCUT2D eigenvalue weighted by Gasteiger charge is -2.16. The van der Waals surface area contributed by atoms with E-state index in [0.717, 1.165) is 0 Å². The highest BCUT2D eigenvalue weighted by molar-refractivity contribution is 7.80. The zero-order chi connectivity index (χ0) is 12.5. The molecular weight excluding hydrogens is 226 g/mol. The number of hydrogen-bond donors (Lipinski definition) is 2. The second kappa shape index (κ2) is 4.57. The Bertz CT molecular complexity index is 469. The molecule has 0 aliphatic heterocycles. The van der Waals surface area contributed by atoms with Crippen molar-refractivity contribution in [3.05, 3.63) is 22.3 Å². The first-order valence-corrected chi connectivity index (χ1v) is 5.05.